The van der Waals surface area contributed by atoms with Crippen molar-refractivity contribution < 1.29 is 8.81 Å². The molecule has 1 aromatic heterocycles. The van der Waals surface area contributed by atoms with Gasteiger partial charge in [0.1, 0.15) is 5.82 Å². The van der Waals surface area contributed by atoms with Crippen molar-refractivity contribution in [1.82, 2.24) is 0 Å². The zero-order chi connectivity index (χ0) is 9.26. The zero-order valence-corrected chi connectivity index (χ0v) is 8.14. The number of hydrogen-bond donors (Lipinski definition) is 0. The molecule has 0 amide bonds. The van der Waals surface area contributed by atoms with Crippen LogP contribution in [-0.4, -0.2) is 0 Å². The maximum atomic E-state index is 13.2. The fourth-order valence-electron chi connectivity index (χ4n) is 1.08. The lowest BCUT2D eigenvalue weighted by atomic mass is 10.1. The smallest absolute Gasteiger partial charge is 0.171 e. The first kappa shape index (κ1) is 8.51. The average molecular weight is 240 g/mol. The maximum Gasteiger partial charge on any atom is 0.171 e. The highest BCUT2D eigenvalue weighted by atomic mass is 79.9. The first-order chi connectivity index (χ1) is 6.29. The summed E-state index contributed by atoms with van der Waals surface area (Å²) in [5.74, 6) is 0.171. The SMILES string of the molecule is Fc1ccccc1-c1o[c]cc1Br. The molecule has 0 aliphatic heterocycles. The molecule has 0 unspecified atom stereocenters. The Morgan fingerprint density at radius 3 is 2.69 bits per heavy atom. The van der Waals surface area contributed by atoms with Crippen LogP contribution in [0.5, 0.6) is 0 Å². The summed E-state index contributed by atoms with van der Waals surface area (Å²) in [6, 6.07) is 8.06. The molecular weight excluding hydrogens is 235 g/mol. The Hall–Kier alpha value is -1.09. The molecule has 1 heterocycles. The van der Waals surface area contributed by atoms with Crippen molar-refractivity contribution in [2.75, 3.05) is 0 Å². The second-order valence-electron chi connectivity index (χ2n) is 2.52. The fraction of sp³-hybridized carbons (Fsp3) is 0. The van der Waals surface area contributed by atoms with E-state index in [4.69, 9.17) is 4.42 Å². The molecular formula is C10H5BrFO. The summed E-state index contributed by atoms with van der Waals surface area (Å²) < 4.78 is 19.0. The molecule has 3 heteroatoms. The van der Waals surface area contributed by atoms with Crippen LogP contribution in [0.1, 0.15) is 0 Å². The highest BCUT2D eigenvalue weighted by Gasteiger charge is 2.10. The van der Waals surface area contributed by atoms with Crippen LogP contribution in [0.4, 0.5) is 4.39 Å². The van der Waals surface area contributed by atoms with Gasteiger partial charge in [0.25, 0.3) is 0 Å². The Bertz CT molecular complexity index is 422. The van der Waals surface area contributed by atoms with Crippen molar-refractivity contribution >= 4 is 15.9 Å². The molecule has 0 saturated carbocycles. The van der Waals surface area contributed by atoms with E-state index in [2.05, 4.69) is 22.2 Å². The molecule has 65 valence electrons. The number of furan rings is 1. The summed E-state index contributed by atoms with van der Waals surface area (Å²) in [6.07, 6.45) is 2.54. The monoisotopic (exact) mass is 239 g/mol. The van der Waals surface area contributed by atoms with Crippen LogP contribution in [0.15, 0.2) is 39.2 Å². The van der Waals surface area contributed by atoms with Gasteiger partial charge in [-0.05, 0) is 28.1 Å². The maximum absolute atomic E-state index is 13.2. The number of halogens is 2. The minimum absolute atomic E-state index is 0.299. The number of hydrogen-bond acceptors (Lipinski definition) is 1. The average Bonchev–Trinajstić information content (AvgIpc) is 2.52. The quantitative estimate of drug-likeness (QED) is 0.741. The van der Waals surface area contributed by atoms with Gasteiger partial charge in [0.2, 0.25) is 0 Å². The van der Waals surface area contributed by atoms with Gasteiger partial charge < -0.3 is 4.42 Å². The summed E-state index contributed by atoms with van der Waals surface area (Å²) in [5.41, 5.74) is 0.440. The molecule has 1 nitrogen and oxygen atoms in total. The molecule has 0 aliphatic carbocycles. The van der Waals surface area contributed by atoms with E-state index in [9.17, 15) is 4.39 Å². The Labute approximate surface area is 83.3 Å². The van der Waals surface area contributed by atoms with Crippen LogP contribution in [0.3, 0.4) is 0 Å². The van der Waals surface area contributed by atoms with E-state index < -0.39 is 0 Å². The molecule has 13 heavy (non-hydrogen) atoms. The summed E-state index contributed by atoms with van der Waals surface area (Å²) in [7, 11) is 0. The van der Waals surface area contributed by atoms with Gasteiger partial charge in [-0.3, -0.25) is 0 Å². The van der Waals surface area contributed by atoms with Crippen molar-refractivity contribution in [3.05, 3.63) is 46.9 Å². The van der Waals surface area contributed by atoms with Gasteiger partial charge in [0.15, 0.2) is 12.0 Å². The molecule has 0 atom stereocenters. The Balaban J connectivity index is 2.59. The molecule has 0 fully saturated rings. The molecule has 0 aliphatic rings. The van der Waals surface area contributed by atoms with E-state index in [0.717, 1.165) is 0 Å². The van der Waals surface area contributed by atoms with Crippen molar-refractivity contribution in [3.63, 3.8) is 0 Å². The molecule has 0 saturated heterocycles. The van der Waals surface area contributed by atoms with Gasteiger partial charge in [0.05, 0.1) is 10.0 Å². The second-order valence-corrected chi connectivity index (χ2v) is 3.38. The van der Waals surface area contributed by atoms with Crippen LogP contribution < -0.4 is 0 Å². The molecule has 2 rings (SSSR count). The molecule has 0 bridgehead atoms. The van der Waals surface area contributed by atoms with E-state index in [1.54, 1.807) is 24.3 Å². The van der Waals surface area contributed by atoms with Crippen LogP contribution in [0.25, 0.3) is 11.3 Å². The van der Waals surface area contributed by atoms with Crippen molar-refractivity contribution in [3.8, 4) is 11.3 Å². The minimum atomic E-state index is -0.299. The second kappa shape index (κ2) is 3.34. The molecule has 0 spiro atoms. The number of benzene rings is 1. The van der Waals surface area contributed by atoms with Crippen molar-refractivity contribution in [1.29, 1.82) is 0 Å². The van der Waals surface area contributed by atoms with Crippen LogP contribution >= 0.6 is 15.9 Å². The highest BCUT2D eigenvalue weighted by Crippen LogP contribution is 2.30. The Kier molecular flexibility index (Phi) is 2.19. The molecule has 1 radical (unpaired) electrons. The number of rotatable bonds is 1. The van der Waals surface area contributed by atoms with Gasteiger partial charge >= 0.3 is 0 Å². The fourth-order valence-corrected chi connectivity index (χ4v) is 1.47. The van der Waals surface area contributed by atoms with Crippen molar-refractivity contribution in [2.24, 2.45) is 0 Å². The first-order valence-corrected chi connectivity index (χ1v) is 4.48. The van der Waals surface area contributed by atoms with E-state index in [1.165, 1.54) is 6.07 Å². The van der Waals surface area contributed by atoms with Gasteiger partial charge in [-0.2, -0.15) is 0 Å². The van der Waals surface area contributed by atoms with Gasteiger partial charge in [-0.1, -0.05) is 12.1 Å². The molecule has 1 aromatic carbocycles. The Morgan fingerprint density at radius 2 is 2.08 bits per heavy atom. The largest absolute Gasteiger partial charge is 0.451 e. The minimum Gasteiger partial charge on any atom is -0.451 e. The molecule has 0 N–H and O–H groups in total. The summed E-state index contributed by atoms with van der Waals surface area (Å²) in [4.78, 5) is 0. The van der Waals surface area contributed by atoms with Crippen LogP contribution in [0.2, 0.25) is 0 Å². The third-order valence-electron chi connectivity index (χ3n) is 1.68. The van der Waals surface area contributed by atoms with E-state index in [0.29, 0.717) is 15.8 Å². The predicted octanol–water partition coefficient (Wildman–Crippen LogP) is 3.65. The van der Waals surface area contributed by atoms with E-state index in [-0.39, 0.29) is 5.82 Å². The third kappa shape index (κ3) is 1.52. The highest BCUT2D eigenvalue weighted by molar-refractivity contribution is 9.10. The lowest BCUT2D eigenvalue weighted by molar-refractivity contribution is 0.561. The lowest BCUT2D eigenvalue weighted by Crippen LogP contribution is -1.80. The Morgan fingerprint density at radius 1 is 1.31 bits per heavy atom. The van der Waals surface area contributed by atoms with Gasteiger partial charge in [0, 0.05) is 6.07 Å². The standard InChI is InChI=1S/C10H5BrFO/c11-8-5-6-13-10(8)7-3-1-2-4-9(7)12/h1-5H. The summed E-state index contributed by atoms with van der Waals surface area (Å²) in [5, 5.41) is 0. The third-order valence-corrected chi connectivity index (χ3v) is 2.27. The first-order valence-electron chi connectivity index (χ1n) is 3.69. The normalized spacial score (nSPS) is 10.3. The predicted molar refractivity (Wildman–Crippen MR) is 50.6 cm³/mol. The van der Waals surface area contributed by atoms with E-state index in [1.807, 2.05) is 0 Å². The van der Waals surface area contributed by atoms with Crippen LogP contribution in [-0.2, 0) is 0 Å². The lowest BCUT2D eigenvalue weighted by Gasteiger charge is -1.98. The van der Waals surface area contributed by atoms with Crippen LogP contribution in [0, 0.1) is 12.1 Å². The summed E-state index contributed by atoms with van der Waals surface area (Å²) in [6.45, 7) is 0. The van der Waals surface area contributed by atoms with Crippen molar-refractivity contribution in [2.45, 2.75) is 0 Å². The summed E-state index contributed by atoms with van der Waals surface area (Å²) >= 11 is 3.25. The zero-order valence-electron chi connectivity index (χ0n) is 6.55. The topological polar surface area (TPSA) is 13.1 Å². The van der Waals surface area contributed by atoms with Gasteiger partial charge in [-0.25, -0.2) is 4.39 Å². The molecule has 2 aromatic rings. The van der Waals surface area contributed by atoms with Gasteiger partial charge in [-0.15, -0.1) is 0 Å². The van der Waals surface area contributed by atoms with E-state index >= 15 is 0 Å².